The van der Waals surface area contributed by atoms with E-state index in [1.165, 1.54) is 17.2 Å². The Balaban J connectivity index is 1.66. The highest BCUT2D eigenvalue weighted by Crippen LogP contribution is 2.31. The first-order valence-electron chi connectivity index (χ1n) is 8.03. The Morgan fingerprint density at radius 3 is 2.60 bits per heavy atom. The third kappa shape index (κ3) is 4.42. The van der Waals surface area contributed by atoms with Crippen molar-refractivity contribution in [2.45, 2.75) is 20.3 Å². The van der Waals surface area contributed by atoms with E-state index in [0.29, 0.717) is 18.7 Å². The summed E-state index contributed by atoms with van der Waals surface area (Å²) >= 11 is 1.66. The molecule has 0 aliphatic carbocycles. The van der Waals surface area contributed by atoms with Crippen molar-refractivity contribution in [3.63, 3.8) is 0 Å². The first kappa shape index (κ1) is 17.1. The van der Waals surface area contributed by atoms with Crippen LogP contribution >= 0.6 is 11.3 Å². The molecular weight excluding hydrogens is 334 g/mol. The van der Waals surface area contributed by atoms with E-state index in [-0.39, 0.29) is 11.8 Å². The fourth-order valence-corrected chi connectivity index (χ4v) is 3.45. The second-order valence-corrected chi connectivity index (χ2v) is 6.93. The quantitative estimate of drug-likeness (QED) is 0.715. The largest absolute Gasteiger partial charge is 0.337 e. The number of hydrogen-bond donors (Lipinski definition) is 2. The fourth-order valence-electron chi connectivity index (χ4n) is 2.38. The average Bonchev–Trinajstić information content (AvgIpc) is 2.98. The lowest BCUT2D eigenvalue weighted by atomic mass is 10.2. The monoisotopic (exact) mass is 353 g/mol. The molecule has 2 amide bonds. The molecule has 0 aliphatic rings. The summed E-state index contributed by atoms with van der Waals surface area (Å²) in [6.07, 6.45) is 0.337. The lowest BCUT2D eigenvalue weighted by molar-refractivity contribution is -0.116. The van der Waals surface area contributed by atoms with E-state index < -0.39 is 0 Å². The Morgan fingerprint density at radius 2 is 1.88 bits per heavy atom. The second-order valence-electron chi connectivity index (χ2n) is 5.90. The van der Waals surface area contributed by atoms with Crippen molar-refractivity contribution in [3.05, 3.63) is 48.0 Å². The number of aryl methyl sites for hydroxylation is 1. The molecule has 6 heteroatoms. The summed E-state index contributed by atoms with van der Waals surface area (Å²) in [5.74, 6) is 0.0516. The van der Waals surface area contributed by atoms with Gasteiger partial charge in [-0.15, -0.1) is 11.3 Å². The maximum Gasteiger partial charge on any atom is 0.319 e. The number of hydrogen-bond acceptors (Lipinski definition) is 4. The molecule has 0 atom stereocenters. The van der Waals surface area contributed by atoms with E-state index in [1.807, 2.05) is 30.3 Å². The van der Waals surface area contributed by atoms with Crippen LogP contribution in [0, 0.1) is 6.92 Å². The third-order valence-electron chi connectivity index (χ3n) is 3.70. The van der Waals surface area contributed by atoms with Gasteiger partial charge in [-0.3, -0.25) is 4.79 Å². The molecule has 3 aromatic rings. The molecular formula is C19H19N3O2S. The van der Waals surface area contributed by atoms with Gasteiger partial charge >= 0.3 is 6.03 Å². The first-order chi connectivity index (χ1) is 12.0. The predicted molar refractivity (Wildman–Crippen MR) is 102 cm³/mol. The number of benzene rings is 2. The summed E-state index contributed by atoms with van der Waals surface area (Å²) in [5.41, 5.74) is 3.93. The smallest absolute Gasteiger partial charge is 0.319 e. The number of nitrogens with one attached hydrogen (secondary N) is 2. The number of anilines is 1. The van der Waals surface area contributed by atoms with Crippen molar-refractivity contribution in [3.8, 4) is 10.6 Å². The third-order valence-corrected chi connectivity index (χ3v) is 4.76. The summed E-state index contributed by atoms with van der Waals surface area (Å²) in [4.78, 5) is 27.3. The second kappa shape index (κ2) is 7.44. The molecule has 0 spiro atoms. The number of Topliss-reactive ketones (excluding diaryl/α,β-unsaturated/α-hetero) is 1. The molecule has 128 valence electrons. The van der Waals surface area contributed by atoms with Gasteiger partial charge in [-0.25, -0.2) is 9.78 Å². The topological polar surface area (TPSA) is 71.1 Å². The molecule has 0 aliphatic heterocycles. The molecule has 0 unspecified atom stereocenters. The lowest BCUT2D eigenvalue weighted by Crippen LogP contribution is -2.30. The lowest BCUT2D eigenvalue weighted by Gasteiger charge is -2.07. The Bertz CT molecular complexity index is 916. The van der Waals surface area contributed by atoms with Crippen LogP contribution in [-0.2, 0) is 4.79 Å². The minimum atomic E-state index is -0.315. The maximum atomic E-state index is 11.8. The van der Waals surface area contributed by atoms with Crippen LogP contribution in [0.1, 0.15) is 18.9 Å². The van der Waals surface area contributed by atoms with Crippen LogP contribution in [-0.4, -0.2) is 23.3 Å². The highest BCUT2D eigenvalue weighted by molar-refractivity contribution is 7.21. The van der Waals surface area contributed by atoms with Gasteiger partial charge in [0.15, 0.2) is 0 Å². The van der Waals surface area contributed by atoms with Crippen LogP contribution in [0.25, 0.3) is 20.8 Å². The van der Waals surface area contributed by atoms with E-state index in [9.17, 15) is 9.59 Å². The van der Waals surface area contributed by atoms with Crippen LogP contribution in [0.3, 0.4) is 0 Å². The standard InChI is InChI=1S/C19H19N3O2S/c1-12-3-8-16-17(11-12)25-18(22-16)14-4-6-15(7-5-14)21-19(24)20-10-9-13(2)23/h3-8,11H,9-10H2,1-2H3,(H2,20,21,24). The molecule has 3 rings (SSSR count). The molecule has 2 N–H and O–H groups in total. The average molecular weight is 353 g/mol. The van der Waals surface area contributed by atoms with Gasteiger partial charge in [-0.05, 0) is 55.8 Å². The first-order valence-corrected chi connectivity index (χ1v) is 8.85. The Hall–Kier alpha value is -2.73. The van der Waals surface area contributed by atoms with Gasteiger partial charge in [0.05, 0.1) is 10.2 Å². The SMILES string of the molecule is CC(=O)CCNC(=O)Nc1ccc(-c2nc3ccc(C)cc3s2)cc1. The summed E-state index contributed by atoms with van der Waals surface area (Å²) in [6, 6.07) is 13.5. The zero-order chi connectivity index (χ0) is 17.8. The van der Waals surface area contributed by atoms with Crippen LogP contribution in [0.5, 0.6) is 0 Å². The van der Waals surface area contributed by atoms with Crippen molar-refractivity contribution in [1.82, 2.24) is 10.3 Å². The van der Waals surface area contributed by atoms with Crippen molar-refractivity contribution >= 4 is 39.1 Å². The van der Waals surface area contributed by atoms with Gasteiger partial charge in [0.25, 0.3) is 0 Å². The minimum absolute atomic E-state index is 0.0516. The number of rotatable bonds is 5. The van der Waals surface area contributed by atoms with Crippen molar-refractivity contribution in [2.75, 3.05) is 11.9 Å². The maximum absolute atomic E-state index is 11.8. The van der Waals surface area contributed by atoms with Crippen molar-refractivity contribution < 1.29 is 9.59 Å². The molecule has 0 saturated carbocycles. The van der Waals surface area contributed by atoms with Gasteiger partial charge in [-0.2, -0.15) is 0 Å². The van der Waals surface area contributed by atoms with Gasteiger partial charge < -0.3 is 10.6 Å². The summed E-state index contributed by atoms with van der Waals surface area (Å²) in [5, 5.41) is 6.36. The van der Waals surface area contributed by atoms with Gasteiger partial charge in [0.1, 0.15) is 10.8 Å². The van der Waals surface area contributed by atoms with Crippen molar-refractivity contribution in [2.24, 2.45) is 0 Å². The van der Waals surface area contributed by atoms with Crippen LogP contribution in [0.4, 0.5) is 10.5 Å². The predicted octanol–water partition coefficient (Wildman–Crippen LogP) is 4.37. The number of nitrogens with zero attached hydrogens (tertiary/aromatic N) is 1. The highest BCUT2D eigenvalue weighted by atomic mass is 32.1. The molecule has 0 radical (unpaired) electrons. The number of carbonyl (C=O) groups is 2. The van der Waals surface area contributed by atoms with Crippen LogP contribution in [0.2, 0.25) is 0 Å². The van der Waals surface area contributed by atoms with E-state index in [1.54, 1.807) is 11.3 Å². The van der Waals surface area contributed by atoms with E-state index in [2.05, 4.69) is 34.7 Å². The zero-order valence-corrected chi connectivity index (χ0v) is 14.9. The Labute approximate surface area is 150 Å². The number of ketones is 1. The molecule has 1 heterocycles. The van der Waals surface area contributed by atoms with Gasteiger partial charge in [0, 0.05) is 24.2 Å². The number of carbonyl (C=O) groups excluding carboxylic acids is 2. The number of fused-ring (bicyclic) bond motifs is 1. The van der Waals surface area contributed by atoms with Gasteiger partial charge in [-0.1, -0.05) is 6.07 Å². The zero-order valence-electron chi connectivity index (χ0n) is 14.1. The molecule has 2 aromatic carbocycles. The van der Waals surface area contributed by atoms with Gasteiger partial charge in [0.2, 0.25) is 0 Å². The number of thiazole rings is 1. The van der Waals surface area contributed by atoms with E-state index in [0.717, 1.165) is 16.1 Å². The van der Waals surface area contributed by atoms with E-state index in [4.69, 9.17) is 0 Å². The summed E-state index contributed by atoms with van der Waals surface area (Å²) in [6.45, 7) is 3.91. The summed E-state index contributed by atoms with van der Waals surface area (Å²) in [7, 11) is 0. The Kier molecular flexibility index (Phi) is 5.09. The minimum Gasteiger partial charge on any atom is -0.337 e. The molecule has 0 bridgehead atoms. The number of aromatic nitrogens is 1. The Morgan fingerprint density at radius 1 is 1.12 bits per heavy atom. The van der Waals surface area contributed by atoms with E-state index >= 15 is 0 Å². The number of amides is 2. The highest BCUT2D eigenvalue weighted by Gasteiger charge is 2.07. The van der Waals surface area contributed by atoms with Crippen LogP contribution in [0.15, 0.2) is 42.5 Å². The normalized spacial score (nSPS) is 10.6. The van der Waals surface area contributed by atoms with Crippen molar-refractivity contribution in [1.29, 1.82) is 0 Å². The molecule has 0 fully saturated rings. The molecule has 25 heavy (non-hydrogen) atoms. The fraction of sp³-hybridized carbons (Fsp3) is 0.211. The molecule has 1 aromatic heterocycles. The molecule has 0 saturated heterocycles. The van der Waals surface area contributed by atoms with Crippen LogP contribution < -0.4 is 10.6 Å². The summed E-state index contributed by atoms with van der Waals surface area (Å²) < 4.78 is 1.17. The number of urea groups is 1. The molecule has 5 nitrogen and oxygen atoms in total.